The Morgan fingerprint density at radius 1 is 1.05 bits per heavy atom. The average Bonchev–Trinajstić information content (AvgIpc) is 2.85. The summed E-state index contributed by atoms with van der Waals surface area (Å²) in [6, 6.07) is 1.33. The molecule has 0 bridgehead atoms. The molecular formula is C12H11BF6O2. The summed E-state index contributed by atoms with van der Waals surface area (Å²) in [5.74, 6) is 0. The van der Waals surface area contributed by atoms with Crippen molar-refractivity contribution in [2.24, 2.45) is 0 Å². The van der Waals surface area contributed by atoms with Crippen molar-refractivity contribution in [3.63, 3.8) is 0 Å². The molecule has 1 atom stereocenters. The van der Waals surface area contributed by atoms with Gasteiger partial charge in [-0.1, -0.05) is 19.1 Å². The van der Waals surface area contributed by atoms with Gasteiger partial charge >= 0.3 is 19.5 Å². The van der Waals surface area contributed by atoms with E-state index in [4.69, 9.17) is 9.31 Å². The standard InChI is InChI=1S/C12H11BF6O2/c1-2-10-6-20-13(21-10)9-4-7(11(14,15)16)3-8(5-9)12(17,18)19/h3-5,10H,2,6H2,1H3. The van der Waals surface area contributed by atoms with Crippen LogP contribution in [0.3, 0.4) is 0 Å². The highest BCUT2D eigenvalue weighted by atomic mass is 19.4. The summed E-state index contributed by atoms with van der Waals surface area (Å²) in [4.78, 5) is 0. The van der Waals surface area contributed by atoms with E-state index >= 15 is 0 Å². The van der Waals surface area contributed by atoms with Gasteiger partial charge in [0.1, 0.15) is 0 Å². The second kappa shape index (κ2) is 5.53. The predicted molar refractivity (Wildman–Crippen MR) is 63.0 cm³/mol. The molecule has 0 saturated carbocycles. The van der Waals surface area contributed by atoms with Crippen molar-refractivity contribution in [1.29, 1.82) is 0 Å². The van der Waals surface area contributed by atoms with Crippen LogP contribution in [0.15, 0.2) is 18.2 Å². The Hall–Kier alpha value is -1.22. The molecule has 21 heavy (non-hydrogen) atoms. The Kier molecular flexibility index (Phi) is 4.25. The van der Waals surface area contributed by atoms with Crippen molar-refractivity contribution >= 4 is 12.6 Å². The lowest BCUT2D eigenvalue weighted by atomic mass is 9.77. The van der Waals surface area contributed by atoms with Gasteiger partial charge in [0.25, 0.3) is 0 Å². The maximum absolute atomic E-state index is 12.7. The zero-order valence-corrected chi connectivity index (χ0v) is 10.9. The number of alkyl halides is 6. The van der Waals surface area contributed by atoms with E-state index in [1.807, 2.05) is 0 Å². The van der Waals surface area contributed by atoms with Gasteiger partial charge in [-0.2, -0.15) is 26.3 Å². The van der Waals surface area contributed by atoms with E-state index in [1.165, 1.54) is 0 Å². The molecule has 0 aliphatic carbocycles. The molecule has 0 spiro atoms. The molecule has 1 aliphatic rings. The summed E-state index contributed by atoms with van der Waals surface area (Å²) in [6.07, 6.45) is -9.53. The van der Waals surface area contributed by atoms with E-state index in [9.17, 15) is 26.3 Å². The van der Waals surface area contributed by atoms with Crippen LogP contribution in [-0.2, 0) is 21.7 Å². The SMILES string of the molecule is CCC1COB(c2cc(C(F)(F)F)cc(C(F)(F)F)c2)O1. The average molecular weight is 312 g/mol. The van der Waals surface area contributed by atoms with E-state index in [0.29, 0.717) is 18.6 Å². The second-order valence-corrected chi connectivity index (χ2v) is 4.67. The number of benzene rings is 1. The van der Waals surface area contributed by atoms with Crippen LogP contribution in [0.25, 0.3) is 0 Å². The molecule has 1 aromatic rings. The Balaban J connectivity index is 2.41. The number of hydrogen-bond acceptors (Lipinski definition) is 2. The van der Waals surface area contributed by atoms with Crippen molar-refractivity contribution in [3.8, 4) is 0 Å². The van der Waals surface area contributed by atoms with Crippen molar-refractivity contribution in [1.82, 2.24) is 0 Å². The lowest BCUT2D eigenvalue weighted by Gasteiger charge is -2.15. The molecule has 1 unspecified atom stereocenters. The number of halogens is 6. The first-order valence-electron chi connectivity index (χ1n) is 6.17. The molecule has 0 aromatic heterocycles. The number of rotatable bonds is 2. The highest BCUT2D eigenvalue weighted by Gasteiger charge is 2.40. The van der Waals surface area contributed by atoms with E-state index < -0.39 is 30.6 Å². The van der Waals surface area contributed by atoms with Crippen LogP contribution in [0.1, 0.15) is 24.5 Å². The van der Waals surface area contributed by atoms with E-state index in [2.05, 4.69) is 0 Å². The van der Waals surface area contributed by atoms with Gasteiger partial charge in [0.05, 0.1) is 23.8 Å². The molecule has 1 saturated heterocycles. The molecule has 0 amide bonds. The van der Waals surface area contributed by atoms with Gasteiger partial charge in [-0.15, -0.1) is 0 Å². The normalized spacial score (nSPS) is 20.1. The van der Waals surface area contributed by atoms with Crippen LogP contribution in [0.4, 0.5) is 26.3 Å². The van der Waals surface area contributed by atoms with E-state index in [-0.39, 0.29) is 24.2 Å². The minimum atomic E-state index is -4.88. The highest BCUT2D eigenvalue weighted by molar-refractivity contribution is 6.61. The second-order valence-electron chi connectivity index (χ2n) is 4.67. The van der Waals surface area contributed by atoms with Gasteiger partial charge in [-0.3, -0.25) is 0 Å². The van der Waals surface area contributed by atoms with Crippen molar-refractivity contribution in [3.05, 3.63) is 29.3 Å². The quantitative estimate of drug-likeness (QED) is 0.616. The van der Waals surface area contributed by atoms with Gasteiger partial charge in [0.15, 0.2) is 0 Å². The summed E-state index contributed by atoms with van der Waals surface area (Å²) >= 11 is 0. The zero-order chi connectivity index (χ0) is 15.8. The first-order chi connectivity index (χ1) is 9.61. The van der Waals surface area contributed by atoms with Crippen molar-refractivity contribution in [2.75, 3.05) is 6.61 Å². The predicted octanol–water partition coefficient (Wildman–Crippen LogP) is 3.24. The Bertz CT molecular complexity index is 481. The van der Waals surface area contributed by atoms with Crippen LogP contribution in [0.2, 0.25) is 0 Å². The first kappa shape index (κ1) is 16.2. The summed E-state index contributed by atoms with van der Waals surface area (Å²) in [7, 11) is -1.21. The van der Waals surface area contributed by atoms with Crippen molar-refractivity contribution in [2.45, 2.75) is 31.8 Å². The third kappa shape index (κ3) is 3.71. The summed E-state index contributed by atoms with van der Waals surface area (Å²) < 4.78 is 86.7. The molecule has 1 aliphatic heterocycles. The van der Waals surface area contributed by atoms with E-state index in [1.54, 1.807) is 6.92 Å². The Morgan fingerprint density at radius 2 is 1.57 bits per heavy atom. The monoisotopic (exact) mass is 312 g/mol. The Labute approximate surface area is 117 Å². The summed E-state index contributed by atoms with van der Waals surface area (Å²) in [5.41, 5.74) is -3.04. The molecule has 9 heteroatoms. The minimum absolute atomic E-state index is 0.0791. The third-order valence-electron chi connectivity index (χ3n) is 3.09. The van der Waals surface area contributed by atoms with Crippen LogP contribution >= 0.6 is 0 Å². The van der Waals surface area contributed by atoms with Crippen LogP contribution in [0.5, 0.6) is 0 Å². The topological polar surface area (TPSA) is 18.5 Å². The maximum Gasteiger partial charge on any atom is 0.494 e. The fraction of sp³-hybridized carbons (Fsp3) is 0.500. The molecular weight excluding hydrogens is 301 g/mol. The van der Waals surface area contributed by atoms with Gasteiger partial charge in [0.2, 0.25) is 0 Å². The Morgan fingerprint density at radius 3 is 1.95 bits per heavy atom. The first-order valence-corrected chi connectivity index (χ1v) is 6.17. The molecule has 0 N–H and O–H groups in total. The smallest absolute Gasteiger partial charge is 0.405 e. The molecule has 0 radical (unpaired) electrons. The van der Waals surface area contributed by atoms with Crippen molar-refractivity contribution < 1.29 is 35.7 Å². The minimum Gasteiger partial charge on any atom is -0.405 e. The van der Waals surface area contributed by atoms with Crippen LogP contribution in [-0.4, -0.2) is 19.8 Å². The largest absolute Gasteiger partial charge is 0.494 e. The van der Waals surface area contributed by atoms with Crippen LogP contribution in [0, 0.1) is 0 Å². The molecule has 1 heterocycles. The van der Waals surface area contributed by atoms with Crippen LogP contribution < -0.4 is 5.46 Å². The zero-order valence-electron chi connectivity index (χ0n) is 10.9. The maximum atomic E-state index is 12.7. The van der Waals surface area contributed by atoms with Gasteiger partial charge in [-0.25, -0.2) is 0 Å². The summed E-state index contributed by atoms with van der Waals surface area (Å²) in [5, 5.41) is 0. The molecule has 2 rings (SSSR count). The fourth-order valence-electron chi connectivity index (χ4n) is 1.95. The van der Waals surface area contributed by atoms with E-state index in [0.717, 1.165) is 0 Å². The number of hydrogen-bond donors (Lipinski definition) is 0. The fourth-order valence-corrected chi connectivity index (χ4v) is 1.95. The molecule has 2 nitrogen and oxygen atoms in total. The lowest BCUT2D eigenvalue weighted by molar-refractivity contribution is -0.142. The van der Waals surface area contributed by atoms with Gasteiger partial charge < -0.3 is 9.31 Å². The summed E-state index contributed by atoms with van der Waals surface area (Å²) in [6.45, 7) is 1.92. The molecule has 1 fully saturated rings. The third-order valence-corrected chi connectivity index (χ3v) is 3.09. The highest BCUT2D eigenvalue weighted by Crippen LogP contribution is 2.35. The van der Waals surface area contributed by atoms with Gasteiger partial charge in [0, 0.05) is 0 Å². The lowest BCUT2D eigenvalue weighted by Crippen LogP contribution is -2.34. The molecule has 116 valence electrons. The molecule has 1 aromatic carbocycles. The van der Waals surface area contributed by atoms with Gasteiger partial charge in [-0.05, 0) is 17.9 Å².